The van der Waals surface area contributed by atoms with Crippen LogP contribution >= 0.6 is 11.6 Å². The van der Waals surface area contributed by atoms with Crippen molar-refractivity contribution in [3.8, 4) is 11.3 Å². The summed E-state index contributed by atoms with van der Waals surface area (Å²) in [5, 5.41) is 6.38. The van der Waals surface area contributed by atoms with Gasteiger partial charge in [-0.1, -0.05) is 41.9 Å². The average Bonchev–Trinajstić information content (AvgIpc) is 3.32. The maximum Gasteiger partial charge on any atom is 0.255 e. The molecule has 0 fully saturated rings. The van der Waals surface area contributed by atoms with E-state index < -0.39 is 0 Å². The highest BCUT2D eigenvalue weighted by Crippen LogP contribution is 2.22. The van der Waals surface area contributed by atoms with Crippen LogP contribution in [0.25, 0.3) is 11.3 Å². The highest BCUT2D eigenvalue weighted by atomic mass is 35.5. The number of hydrogen-bond donors (Lipinski definition) is 2. The standard InChI is InChI=1S/C26H22ClN3O3/c27-21-11-9-19(10-12-21)23-17-29-25(33-23)14-13-24(31)28-16-18-5-4-6-20(15-18)26(32)30-22-7-2-1-3-8-22/h1-12,15,17H,13-14,16H2,(H,28,31)(H,30,32). The van der Waals surface area contributed by atoms with Crippen molar-refractivity contribution in [1.82, 2.24) is 10.3 Å². The van der Waals surface area contributed by atoms with Gasteiger partial charge in [-0.3, -0.25) is 9.59 Å². The number of amides is 2. The third kappa shape index (κ3) is 6.30. The lowest BCUT2D eigenvalue weighted by molar-refractivity contribution is -0.121. The van der Waals surface area contributed by atoms with Crippen LogP contribution < -0.4 is 10.6 Å². The number of para-hydroxylation sites is 1. The van der Waals surface area contributed by atoms with Crippen LogP contribution in [0.15, 0.2) is 89.5 Å². The third-order valence-electron chi connectivity index (χ3n) is 4.96. The molecule has 0 aliphatic heterocycles. The van der Waals surface area contributed by atoms with Crippen LogP contribution in [0.5, 0.6) is 0 Å². The normalized spacial score (nSPS) is 10.6. The predicted octanol–water partition coefficient (Wildman–Crippen LogP) is 5.50. The van der Waals surface area contributed by atoms with Crippen molar-refractivity contribution in [2.45, 2.75) is 19.4 Å². The van der Waals surface area contributed by atoms with Crippen LogP contribution in [0.2, 0.25) is 5.02 Å². The van der Waals surface area contributed by atoms with Gasteiger partial charge in [-0.05, 0) is 54.1 Å². The molecule has 0 spiro atoms. The molecule has 3 aromatic carbocycles. The first kappa shape index (κ1) is 22.3. The highest BCUT2D eigenvalue weighted by Gasteiger charge is 2.10. The fourth-order valence-corrected chi connectivity index (χ4v) is 3.36. The van der Waals surface area contributed by atoms with E-state index in [1.807, 2.05) is 48.5 Å². The Balaban J connectivity index is 1.26. The summed E-state index contributed by atoms with van der Waals surface area (Å²) in [6.07, 6.45) is 2.27. The lowest BCUT2D eigenvalue weighted by Crippen LogP contribution is -2.23. The Morgan fingerprint density at radius 2 is 1.73 bits per heavy atom. The molecular weight excluding hydrogens is 438 g/mol. The van der Waals surface area contributed by atoms with E-state index in [9.17, 15) is 9.59 Å². The summed E-state index contributed by atoms with van der Waals surface area (Å²) in [5.74, 6) is 0.803. The fourth-order valence-electron chi connectivity index (χ4n) is 3.23. The molecule has 0 aliphatic rings. The van der Waals surface area contributed by atoms with Crippen molar-refractivity contribution in [2.24, 2.45) is 0 Å². The zero-order valence-corrected chi connectivity index (χ0v) is 18.5. The monoisotopic (exact) mass is 459 g/mol. The van der Waals surface area contributed by atoms with Gasteiger partial charge >= 0.3 is 0 Å². The summed E-state index contributed by atoms with van der Waals surface area (Å²) >= 11 is 5.91. The molecule has 0 radical (unpaired) electrons. The number of benzene rings is 3. The molecule has 1 aromatic heterocycles. The second-order valence-corrected chi connectivity index (χ2v) is 7.86. The second kappa shape index (κ2) is 10.6. The van der Waals surface area contributed by atoms with Gasteiger partial charge in [0.1, 0.15) is 0 Å². The number of anilines is 1. The van der Waals surface area contributed by atoms with E-state index in [2.05, 4.69) is 15.6 Å². The second-order valence-electron chi connectivity index (χ2n) is 7.42. The molecule has 0 aliphatic carbocycles. The lowest BCUT2D eigenvalue weighted by Gasteiger charge is -2.08. The van der Waals surface area contributed by atoms with E-state index >= 15 is 0 Å². The Bertz CT molecular complexity index is 1240. The molecular formula is C26H22ClN3O3. The molecule has 0 saturated heterocycles. The first-order valence-electron chi connectivity index (χ1n) is 10.5. The first-order valence-corrected chi connectivity index (χ1v) is 10.9. The number of carbonyl (C=O) groups is 2. The van der Waals surface area contributed by atoms with Gasteiger partial charge in [0.25, 0.3) is 5.91 Å². The van der Waals surface area contributed by atoms with Crippen molar-refractivity contribution >= 4 is 29.1 Å². The molecule has 2 amide bonds. The minimum absolute atomic E-state index is 0.125. The average molecular weight is 460 g/mol. The van der Waals surface area contributed by atoms with E-state index in [-0.39, 0.29) is 18.2 Å². The molecule has 0 atom stereocenters. The first-order chi connectivity index (χ1) is 16.1. The Labute approximate surface area is 196 Å². The van der Waals surface area contributed by atoms with E-state index in [0.717, 1.165) is 16.8 Å². The topological polar surface area (TPSA) is 84.2 Å². The minimum Gasteiger partial charge on any atom is -0.441 e. The molecule has 0 saturated carbocycles. The number of aryl methyl sites for hydroxylation is 1. The van der Waals surface area contributed by atoms with Crippen molar-refractivity contribution in [3.63, 3.8) is 0 Å². The van der Waals surface area contributed by atoms with Crippen LogP contribution in [0.3, 0.4) is 0 Å². The summed E-state index contributed by atoms with van der Waals surface area (Å²) in [7, 11) is 0. The zero-order valence-electron chi connectivity index (χ0n) is 17.8. The van der Waals surface area contributed by atoms with Gasteiger partial charge in [0, 0.05) is 41.2 Å². The maximum absolute atomic E-state index is 12.5. The lowest BCUT2D eigenvalue weighted by atomic mass is 10.1. The number of oxazole rings is 1. The molecule has 4 aromatic rings. The predicted molar refractivity (Wildman–Crippen MR) is 128 cm³/mol. The van der Waals surface area contributed by atoms with Crippen LogP contribution in [0.4, 0.5) is 5.69 Å². The van der Waals surface area contributed by atoms with Crippen molar-refractivity contribution in [3.05, 3.63) is 107 Å². The quantitative estimate of drug-likeness (QED) is 0.364. The summed E-state index contributed by atoms with van der Waals surface area (Å²) in [4.78, 5) is 29.0. The van der Waals surface area contributed by atoms with Gasteiger partial charge in [-0.15, -0.1) is 0 Å². The summed E-state index contributed by atoms with van der Waals surface area (Å²) in [6.45, 7) is 0.326. The van der Waals surface area contributed by atoms with Crippen molar-refractivity contribution in [2.75, 3.05) is 5.32 Å². The van der Waals surface area contributed by atoms with Gasteiger partial charge in [0.2, 0.25) is 5.91 Å². The minimum atomic E-state index is -0.199. The number of halogens is 1. The Morgan fingerprint density at radius 1 is 0.939 bits per heavy atom. The van der Waals surface area contributed by atoms with E-state index in [1.54, 1.807) is 36.5 Å². The largest absolute Gasteiger partial charge is 0.441 e. The Kier molecular flexibility index (Phi) is 7.17. The van der Waals surface area contributed by atoms with Crippen LogP contribution in [-0.2, 0) is 17.8 Å². The molecule has 7 heteroatoms. The summed E-state index contributed by atoms with van der Waals surface area (Å²) in [6, 6.07) is 23.7. The molecule has 33 heavy (non-hydrogen) atoms. The highest BCUT2D eigenvalue weighted by molar-refractivity contribution is 6.30. The van der Waals surface area contributed by atoms with E-state index in [4.69, 9.17) is 16.0 Å². The molecule has 166 valence electrons. The number of nitrogens with one attached hydrogen (secondary N) is 2. The molecule has 1 heterocycles. The summed E-state index contributed by atoms with van der Waals surface area (Å²) in [5.41, 5.74) is 2.97. The molecule has 4 rings (SSSR count). The fraction of sp³-hybridized carbons (Fsp3) is 0.115. The molecule has 2 N–H and O–H groups in total. The van der Waals surface area contributed by atoms with Gasteiger partial charge in [0.15, 0.2) is 11.7 Å². The van der Waals surface area contributed by atoms with Gasteiger partial charge in [-0.25, -0.2) is 4.98 Å². The molecule has 0 unspecified atom stereocenters. The number of rotatable bonds is 8. The van der Waals surface area contributed by atoms with Gasteiger partial charge in [0.05, 0.1) is 6.20 Å². The van der Waals surface area contributed by atoms with Gasteiger partial charge < -0.3 is 15.1 Å². The van der Waals surface area contributed by atoms with E-state index in [1.165, 1.54) is 0 Å². The van der Waals surface area contributed by atoms with Crippen molar-refractivity contribution in [1.29, 1.82) is 0 Å². The Morgan fingerprint density at radius 3 is 2.52 bits per heavy atom. The zero-order chi connectivity index (χ0) is 23.0. The van der Waals surface area contributed by atoms with Crippen LogP contribution in [-0.4, -0.2) is 16.8 Å². The van der Waals surface area contributed by atoms with E-state index in [0.29, 0.717) is 35.2 Å². The SMILES string of the molecule is O=C(CCc1ncc(-c2ccc(Cl)cc2)o1)NCc1cccc(C(=O)Nc2ccccc2)c1. The summed E-state index contributed by atoms with van der Waals surface area (Å²) < 4.78 is 5.74. The number of hydrogen-bond acceptors (Lipinski definition) is 4. The van der Waals surface area contributed by atoms with Gasteiger partial charge in [-0.2, -0.15) is 0 Å². The Hall–Kier alpha value is -3.90. The smallest absolute Gasteiger partial charge is 0.255 e. The molecule has 0 bridgehead atoms. The number of nitrogens with zero attached hydrogens (tertiary/aromatic N) is 1. The van der Waals surface area contributed by atoms with Crippen LogP contribution in [0, 0.1) is 0 Å². The maximum atomic E-state index is 12.5. The molecule has 6 nitrogen and oxygen atoms in total. The number of carbonyl (C=O) groups excluding carboxylic acids is 2. The third-order valence-corrected chi connectivity index (χ3v) is 5.21. The van der Waals surface area contributed by atoms with Crippen LogP contribution in [0.1, 0.15) is 28.2 Å². The van der Waals surface area contributed by atoms with Crippen molar-refractivity contribution < 1.29 is 14.0 Å². The number of aromatic nitrogens is 1.